The third kappa shape index (κ3) is 2.54. The topological polar surface area (TPSA) is 71.1 Å². The normalized spacial score (nSPS) is 16.0. The van der Waals surface area contributed by atoms with Gasteiger partial charge in [0.05, 0.1) is 18.8 Å². The molecule has 26 heavy (non-hydrogen) atoms. The Balaban J connectivity index is 1.85. The second-order valence-electron chi connectivity index (χ2n) is 6.28. The van der Waals surface area contributed by atoms with Crippen molar-refractivity contribution in [2.24, 2.45) is 0 Å². The van der Waals surface area contributed by atoms with Gasteiger partial charge in [-0.05, 0) is 42.3 Å². The fourth-order valence-electron chi connectivity index (χ4n) is 3.52. The van der Waals surface area contributed by atoms with E-state index in [-0.39, 0.29) is 11.9 Å². The number of hydrogen-bond donors (Lipinski definition) is 1. The number of benzene rings is 1. The molecule has 1 aromatic carbocycles. The fraction of sp³-hybridized carbons (Fsp3) is 0.250. The van der Waals surface area contributed by atoms with Crippen molar-refractivity contribution in [1.82, 2.24) is 20.1 Å². The molecular formula is C20H20N4O2. The van der Waals surface area contributed by atoms with Gasteiger partial charge < -0.3 is 9.64 Å². The summed E-state index contributed by atoms with van der Waals surface area (Å²) in [6.45, 7) is 2.76. The molecule has 0 bridgehead atoms. The van der Waals surface area contributed by atoms with Gasteiger partial charge in [0.15, 0.2) is 0 Å². The SMILES string of the molecule is CCCN1C(=O)c2[nH]nc(-c3ccc(OC)cc3)c2C1c1cccnc1. The Hall–Kier alpha value is -3.15. The summed E-state index contributed by atoms with van der Waals surface area (Å²) in [6, 6.07) is 11.4. The molecule has 2 aromatic heterocycles. The molecule has 132 valence electrons. The molecule has 0 spiro atoms. The van der Waals surface area contributed by atoms with Crippen LogP contribution >= 0.6 is 0 Å². The van der Waals surface area contributed by atoms with E-state index in [0.717, 1.165) is 34.6 Å². The number of hydrogen-bond acceptors (Lipinski definition) is 4. The molecule has 1 unspecified atom stereocenters. The van der Waals surface area contributed by atoms with Gasteiger partial charge in [0.25, 0.3) is 5.91 Å². The maximum Gasteiger partial charge on any atom is 0.273 e. The third-order valence-electron chi connectivity index (χ3n) is 4.69. The number of amides is 1. The van der Waals surface area contributed by atoms with Crippen LogP contribution in [-0.4, -0.2) is 39.6 Å². The van der Waals surface area contributed by atoms with E-state index in [4.69, 9.17) is 4.74 Å². The number of nitrogens with zero attached hydrogens (tertiary/aromatic N) is 3. The van der Waals surface area contributed by atoms with Crippen LogP contribution in [0.25, 0.3) is 11.3 Å². The number of methoxy groups -OCH3 is 1. The lowest BCUT2D eigenvalue weighted by atomic mass is 9.97. The zero-order valence-electron chi connectivity index (χ0n) is 14.8. The summed E-state index contributed by atoms with van der Waals surface area (Å²) in [6.07, 6.45) is 4.45. The Labute approximate surface area is 151 Å². The molecule has 0 radical (unpaired) electrons. The van der Waals surface area contributed by atoms with Crippen molar-refractivity contribution in [3.63, 3.8) is 0 Å². The van der Waals surface area contributed by atoms with Gasteiger partial charge in [-0.3, -0.25) is 14.9 Å². The van der Waals surface area contributed by atoms with Crippen molar-refractivity contribution >= 4 is 5.91 Å². The smallest absolute Gasteiger partial charge is 0.273 e. The van der Waals surface area contributed by atoms with Crippen LogP contribution in [0.4, 0.5) is 0 Å². The number of nitrogens with one attached hydrogen (secondary N) is 1. The zero-order chi connectivity index (χ0) is 18.1. The van der Waals surface area contributed by atoms with Crippen LogP contribution in [0, 0.1) is 0 Å². The Bertz CT molecular complexity index is 919. The molecule has 1 N–H and O–H groups in total. The lowest BCUT2D eigenvalue weighted by molar-refractivity contribution is 0.0744. The molecule has 0 aliphatic carbocycles. The average Bonchev–Trinajstić information content (AvgIpc) is 3.23. The predicted octanol–water partition coefficient (Wildman–Crippen LogP) is 3.44. The quantitative estimate of drug-likeness (QED) is 0.767. The molecule has 4 rings (SSSR count). The first-order valence-electron chi connectivity index (χ1n) is 8.68. The standard InChI is InChI=1S/C20H20N4O2/c1-3-11-24-19(14-5-4-10-21-12-14)16-17(22-23-18(16)20(24)25)13-6-8-15(26-2)9-7-13/h4-10,12,19H,3,11H2,1-2H3,(H,22,23). The minimum absolute atomic E-state index is 0.0111. The molecule has 3 heterocycles. The number of aromatic nitrogens is 3. The summed E-state index contributed by atoms with van der Waals surface area (Å²) in [7, 11) is 1.64. The number of pyridine rings is 1. The van der Waals surface area contributed by atoms with Crippen molar-refractivity contribution in [2.75, 3.05) is 13.7 Å². The summed E-state index contributed by atoms with van der Waals surface area (Å²) in [5.41, 5.74) is 4.22. The van der Waals surface area contributed by atoms with Crippen molar-refractivity contribution in [3.8, 4) is 17.0 Å². The molecule has 6 nitrogen and oxygen atoms in total. The number of rotatable bonds is 5. The first-order valence-corrected chi connectivity index (χ1v) is 8.68. The molecule has 1 aliphatic rings. The van der Waals surface area contributed by atoms with Crippen molar-refractivity contribution in [3.05, 3.63) is 65.6 Å². The Kier molecular flexibility index (Phi) is 4.16. The summed E-state index contributed by atoms with van der Waals surface area (Å²) >= 11 is 0. The van der Waals surface area contributed by atoms with Crippen molar-refractivity contribution in [1.29, 1.82) is 0 Å². The van der Waals surface area contributed by atoms with Gasteiger partial charge in [-0.15, -0.1) is 0 Å². The maximum absolute atomic E-state index is 12.9. The molecule has 3 aromatic rings. The van der Waals surface area contributed by atoms with Crippen LogP contribution in [-0.2, 0) is 0 Å². The van der Waals surface area contributed by atoms with Crippen LogP contribution in [0.15, 0.2) is 48.8 Å². The molecule has 1 atom stereocenters. The molecule has 1 amide bonds. The van der Waals surface area contributed by atoms with E-state index in [1.54, 1.807) is 13.3 Å². The lowest BCUT2D eigenvalue weighted by Gasteiger charge is -2.25. The molecule has 0 fully saturated rings. The van der Waals surface area contributed by atoms with Crippen LogP contribution in [0.5, 0.6) is 5.75 Å². The number of aromatic amines is 1. The van der Waals surface area contributed by atoms with E-state index in [2.05, 4.69) is 22.1 Å². The second kappa shape index (κ2) is 6.63. The van der Waals surface area contributed by atoms with Crippen LogP contribution in [0.2, 0.25) is 0 Å². The molecule has 1 aliphatic heterocycles. The van der Waals surface area contributed by atoms with Gasteiger partial charge in [-0.2, -0.15) is 5.10 Å². The molecule has 0 saturated heterocycles. The Morgan fingerprint density at radius 3 is 2.69 bits per heavy atom. The first kappa shape index (κ1) is 16.3. The van der Waals surface area contributed by atoms with E-state index in [1.807, 2.05) is 47.5 Å². The third-order valence-corrected chi connectivity index (χ3v) is 4.69. The largest absolute Gasteiger partial charge is 0.497 e. The zero-order valence-corrected chi connectivity index (χ0v) is 14.8. The van der Waals surface area contributed by atoms with Gasteiger partial charge in [0.2, 0.25) is 0 Å². The minimum atomic E-state index is -0.179. The second-order valence-corrected chi connectivity index (χ2v) is 6.28. The summed E-state index contributed by atoms with van der Waals surface area (Å²) in [5.74, 6) is 0.774. The highest BCUT2D eigenvalue weighted by atomic mass is 16.5. The number of ether oxygens (including phenoxy) is 1. The lowest BCUT2D eigenvalue weighted by Crippen LogP contribution is -2.30. The van der Waals surface area contributed by atoms with Crippen LogP contribution in [0.1, 0.15) is 41.0 Å². The average molecular weight is 348 g/mol. The molecular weight excluding hydrogens is 328 g/mol. The highest BCUT2D eigenvalue weighted by Gasteiger charge is 2.41. The predicted molar refractivity (Wildman–Crippen MR) is 98.0 cm³/mol. The minimum Gasteiger partial charge on any atom is -0.497 e. The number of carbonyl (C=O) groups is 1. The molecule has 6 heteroatoms. The van der Waals surface area contributed by atoms with E-state index in [1.165, 1.54) is 0 Å². The van der Waals surface area contributed by atoms with Crippen LogP contribution < -0.4 is 4.74 Å². The van der Waals surface area contributed by atoms with Crippen molar-refractivity contribution in [2.45, 2.75) is 19.4 Å². The molecule has 0 saturated carbocycles. The van der Waals surface area contributed by atoms with Gasteiger partial charge in [0, 0.05) is 30.1 Å². The van der Waals surface area contributed by atoms with Gasteiger partial charge in [0.1, 0.15) is 11.4 Å². The summed E-state index contributed by atoms with van der Waals surface area (Å²) in [4.78, 5) is 19.1. The van der Waals surface area contributed by atoms with Crippen LogP contribution in [0.3, 0.4) is 0 Å². The van der Waals surface area contributed by atoms with E-state index in [0.29, 0.717) is 12.2 Å². The number of H-pyrrole nitrogens is 1. The first-order chi connectivity index (χ1) is 12.7. The Morgan fingerprint density at radius 1 is 1.23 bits per heavy atom. The van der Waals surface area contributed by atoms with Crippen molar-refractivity contribution < 1.29 is 9.53 Å². The van der Waals surface area contributed by atoms with E-state index < -0.39 is 0 Å². The van der Waals surface area contributed by atoms with Gasteiger partial charge >= 0.3 is 0 Å². The van der Waals surface area contributed by atoms with Gasteiger partial charge in [-0.25, -0.2) is 0 Å². The fourth-order valence-corrected chi connectivity index (χ4v) is 3.52. The highest BCUT2D eigenvalue weighted by molar-refractivity contribution is 6.00. The monoisotopic (exact) mass is 348 g/mol. The summed E-state index contributed by atoms with van der Waals surface area (Å²) < 4.78 is 5.24. The highest BCUT2D eigenvalue weighted by Crippen LogP contribution is 2.42. The summed E-state index contributed by atoms with van der Waals surface area (Å²) in [5, 5.41) is 7.41. The van der Waals surface area contributed by atoms with Gasteiger partial charge in [-0.1, -0.05) is 13.0 Å². The van der Waals surface area contributed by atoms with E-state index in [9.17, 15) is 4.79 Å². The number of carbonyl (C=O) groups excluding carboxylic acids is 1. The van der Waals surface area contributed by atoms with E-state index >= 15 is 0 Å². The Morgan fingerprint density at radius 2 is 2.04 bits per heavy atom. The maximum atomic E-state index is 12.9. The number of fused-ring (bicyclic) bond motifs is 1.